The third-order valence-electron chi connectivity index (χ3n) is 2.26. The monoisotopic (exact) mass is 284 g/mol. The standard InChI is InChI=1S/C13H7ClF2O3/c14-8-2-1-3-9(6-8)19-12-10(15)4-7(13(17)18)5-11(12)16/h1-6H,(H,17,18). The summed E-state index contributed by atoms with van der Waals surface area (Å²) in [5, 5.41) is 9.01. The number of carboxylic acid groups (broad SMARTS) is 1. The van der Waals surface area contributed by atoms with E-state index in [2.05, 4.69) is 0 Å². The Balaban J connectivity index is 2.38. The topological polar surface area (TPSA) is 46.5 Å². The molecule has 0 aliphatic heterocycles. The van der Waals surface area contributed by atoms with Crippen molar-refractivity contribution in [2.45, 2.75) is 0 Å². The Morgan fingerprint density at radius 1 is 1.16 bits per heavy atom. The first kappa shape index (κ1) is 13.3. The van der Waals surface area contributed by atoms with Crippen LogP contribution >= 0.6 is 11.6 Å². The Hall–Kier alpha value is -2.14. The molecule has 2 aromatic rings. The number of carbonyl (C=O) groups is 1. The number of hydrogen-bond donors (Lipinski definition) is 1. The van der Waals surface area contributed by atoms with Crippen LogP contribution in [0.15, 0.2) is 36.4 Å². The molecule has 0 fully saturated rings. The van der Waals surface area contributed by atoms with E-state index in [0.717, 1.165) is 0 Å². The van der Waals surface area contributed by atoms with Crippen LogP contribution < -0.4 is 4.74 Å². The van der Waals surface area contributed by atoms with Crippen molar-refractivity contribution in [3.05, 3.63) is 58.6 Å². The van der Waals surface area contributed by atoms with Gasteiger partial charge in [0.15, 0.2) is 17.4 Å². The Labute approximate surface area is 112 Å². The number of rotatable bonds is 3. The molecule has 6 heteroatoms. The molecule has 2 aromatic carbocycles. The van der Waals surface area contributed by atoms with E-state index in [9.17, 15) is 13.6 Å². The average molecular weight is 285 g/mol. The highest BCUT2D eigenvalue weighted by molar-refractivity contribution is 6.30. The number of benzene rings is 2. The van der Waals surface area contributed by atoms with Crippen molar-refractivity contribution in [2.24, 2.45) is 0 Å². The molecule has 98 valence electrons. The highest BCUT2D eigenvalue weighted by Crippen LogP contribution is 2.29. The van der Waals surface area contributed by atoms with Gasteiger partial charge in [0.05, 0.1) is 5.56 Å². The molecule has 0 unspecified atom stereocenters. The zero-order valence-electron chi connectivity index (χ0n) is 9.36. The van der Waals surface area contributed by atoms with Gasteiger partial charge in [-0.15, -0.1) is 0 Å². The molecule has 0 bridgehead atoms. The van der Waals surface area contributed by atoms with E-state index >= 15 is 0 Å². The minimum atomic E-state index is -1.42. The van der Waals surface area contributed by atoms with Crippen LogP contribution in [-0.4, -0.2) is 11.1 Å². The van der Waals surface area contributed by atoms with Gasteiger partial charge in [0.1, 0.15) is 5.75 Å². The molecule has 0 saturated carbocycles. The van der Waals surface area contributed by atoms with Crippen LogP contribution in [0.4, 0.5) is 8.78 Å². The maximum absolute atomic E-state index is 13.6. The van der Waals surface area contributed by atoms with Crippen molar-refractivity contribution in [3.8, 4) is 11.5 Å². The maximum Gasteiger partial charge on any atom is 0.335 e. The quantitative estimate of drug-likeness (QED) is 0.922. The summed E-state index contributed by atoms with van der Waals surface area (Å²) < 4.78 is 32.2. The average Bonchev–Trinajstić information content (AvgIpc) is 2.33. The summed E-state index contributed by atoms with van der Waals surface area (Å²) in [6.45, 7) is 0. The first-order valence-electron chi connectivity index (χ1n) is 5.13. The van der Waals surface area contributed by atoms with Gasteiger partial charge in [0, 0.05) is 5.02 Å². The van der Waals surface area contributed by atoms with Crippen molar-refractivity contribution in [3.63, 3.8) is 0 Å². The Morgan fingerprint density at radius 2 is 1.79 bits per heavy atom. The summed E-state index contributed by atoms with van der Waals surface area (Å²) in [5.74, 6) is -4.15. The van der Waals surface area contributed by atoms with E-state index < -0.39 is 28.9 Å². The van der Waals surface area contributed by atoms with Gasteiger partial charge in [-0.2, -0.15) is 0 Å². The van der Waals surface area contributed by atoms with Gasteiger partial charge in [-0.05, 0) is 30.3 Å². The summed E-state index contributed by atoms with van der Waals surface area (Å²) >= 11 is 5.71. The fourth-order valence-corrected chi connectivity index (χ4v) is 1.61. The molecule has 1 N–H and O–H groups in total. The molecule has 3 nitrogen and oxygen atoms in total. The van der Waals surface area contributed by atoms with Crippen molar-refractivity contribution in [1.82, 2.24) is 0 Å². The third-order valence-corrected chi connectivity index (χ3v) is 2.50. The number of carboxylic acids is 1. The van der Waals surface area contributed by atoms with Gasteiger partial charge in [0.2, 0.25) is 0 Å². The summed E-state index contributed by atoms with van der Waals surface area (Å²) in [5.41, 5.74) is -0.492. The lowest BCUT2D eigenvalue weighted by molar-refractivity contribution is 0.0695. The van der Waals surface area contributed by atoms with Gasteiger partial charge in [-0.1, -0.05) is 17.7 Å². The minimum absolute atomic E-state index is 0.147. The van der Waals surface area contributed by atoms with Crippen molar-refractivity contribution >= 4 is 17.6 Å². The summed E-state index contributed by atoms with van der Waals surface area (Å²) in [7, 11) is 0. The van der Waals surface area contributed by atoms with Gasteiger partial charge < -0.3 is 9.84 Å². The Morgan fingerprint density at radius 3 is 2.32 bits per heavy atom. The smallest absolute Gasteiger partial charge is 0.335 e. The number of aromatic carboxylic acids is 1. The van der Waals surface area contributed by atoms with Crippen LogP contribution in [-0.2, 0) is 0 Å². The van der Waals surface area contributed by atoms with Crippen LogP contribution in [0.3, 0.4) is 0 Å². The SMILES string of the molecule is O=C(O)c1cc(F)c(Oc2cccc(Cl)c2)c(F)c1. The highest BCUT2D eigenvalue weighted by atomic mass is 35.5. The molecule has 0 spiro atoms. The highest BCUT2D eigenvalue weighted by Gasteiger charge is 2.16. The molecular formula is C13H7ClF2O3. The lowest BCUT2D eigenvalue weighted by atomic mass is 10.2. The van der Waals surface area contributed by atoms with Gasteiger partial charge in [-0.3, -0.25) is 0 Å². The largest absolute Gasteiger partial charge is 0.478 e. The van der Waals surface area contributed by atoms with Gasteiger partial charge >= 0.3 is 5.97 Å². The van der Waals surface area contributed by atoms with E-state index in [0.29, 0.717) is 17.2 Å². The van der Waals surface area contributed by atoms with Crippen molar-refractivity contribution < 1.29 is 23.4 Å². The van der Waals surface area contributed by atoms with Crippen molar-refractivity contribution in [2.75, 3.05) is 0 Å². The predicted molar refractivity (Wildman–Crippen MR) is 64.8 cm³/mol. The molecule has 0 aromatic heterocycles. The van der Waals surface area contributed by atoms with E-state index in [1.165, 1.54) is 12.1 Å². The fraction of sp³-hybridized carbons (Fsp3) is 0. The summed E-state index contributed by atoms with van der Waals surface area (Å²) in [6, 6.07) is 7.35. The van der Waals surface area contributed by atoms with Gasteiger partial charge in [-0.25, -0.2) is 13.6 Å². The summed E-state index contributed by atoms with van der Waals surface area (Å²) in [4.78, 5) is 10.6. The Kier molecular flexibility index (Phi) is 3.66. The van der Waals surface area contributed by atoms with E-state index in [-0.39, 0.29) is 5.75 Å². The van der Waals surface area contributed by atoms with Crippen LogP contribution in [0.5, 0.6) is 11.5 Å². The van der Waals surface area contributed by atoms with Crippen molar-refractivity contribution in [1.29, 1.82) is 0 Å². The molecule has 0 saturated heterocycles. The Bertz CT molecular complexity index is 621. The zero-order valence-corrected chi connectivity index (χ0v) is 10.1. The lowest BCUT2D eigenvalue weighted by Crippen LogP contribution is -2.01. The number of ether oxygens (including phenoxy) is 1. The lowest BCUT2D eigenvalue weighted by Gasteiger charge is -2.08. The predicted octanol–water partition coefficient (Wildman–Crippen LogP) is 4.11. The molecule has 0 aliphatic rings. The van der Waals surface area contributed by atoms with Crippen LogP contribution in [0.2, 0.25) is 5.02 Å². The molecule has 0 atom stereocenters. The minimum Gasteiger partial charge on any atom is -0.478 e. The molecule has 19 heavy (non-hydrogen) atoms. The van der Waals surface area contributed by atoms with E-state index in [1.54, 1.807) is 12.1 Å². The third kappa shape index (κ3) is 3.00. The molecule has 2 rings (SSSR count). The molecule has 0 aliphatic carbocycles. The molecule has 0 amide bonds. The van der Waals surface area contributed by atoms with E-state index in [4.69, 9.17) is 21.4 Å². The van der Waals surface area contributed by atoms with E-state index in [1.807, 2.05) is 0 Å². The number of hydrogen-bond acceptors (Lipinski definition) is 2. The fourth-order valence-electron chi connectivity index (χ4n) is 1.43. The van der Waals surface area contributed by atoms with Gasteiger partial charge in [0.25, 0.3) is 0 Å². The van der Waals surface area contributed by atoms with Crippen LogP contribution in [0.25, 0.3) is 0 Å². The molecule has 0 heterocycles. The zero-order chi connectivity index (χ0) is 14.0. The second-order valence-electron chi connectivity index (χ2n) is 3.63. The second-order valence-corrected chi connectivity index (χ2v) is 4.07. The van der Waals surface area contributed by atoms with Crippen LogP contribution in [0.1, 0.15) is 10.4 Å². The number of halogens is 3. The molecule has 0 radical (unpaired) electrons. The second kappa shape index (κ2) is 5.24. The van der Waals surface area contributed by atoms with Crippen LogP contribution in [0, 0.1) is 11.6 Å². The molecular weight excluding hydrogens is 278 g/mol. The summed E-state index contributed by atoms with van der Waals surface area (Å²) in [6.07, 6.45) is 0. The maximum atomic E-state index is 13.6. The normalized spacial score (nSPS) is 10.3. The first-order chi connectivity index (χ1) is 8.97. The first-order valence-corrected chi connectivity index (χ1v) is 5.51.